The Morgan fingerprint density at radius 1 is 1.53 bits per heavy atom. The number of thiophene rings is 1. The first-order valence-electron chi connectivity index (χ1n) is 7.00. The number of ether oxygens (including phenoxy) is 1. The van der Waals surface area contributed by atoms with Crippen LogP contribution in [0.25, 0.3) is 0 Å². The molecule has 1 aromatic rings. The van der Waals surface area contributed by atoms with Gasteiger partial charge in [0.1, 0.15) is 0 Å². The van der Waals surface area contributed by atoms with Crippen molar-refractivity contribution in [3.05, 3.63) is 19.2 Å². The zero-order chi connectivity index (χ0) is 13.7. The fourth-order valence-corrected chi connectivity index (χ4v) is 5.60. The minimum atomic E-state index is 0.448. The Morgan fingerprint density at radius 3 is 2.95 bits per heavy atom. The Bertz CT molecular complexity index is 391. The van der Waals surface area contributed by atoms with Crippen LogP contribution >= 0.6 is 43.2 Å². The first-order valence-corrected chi connectivity index (χ1v) is 9.40. The third-order valence-electron chi connectivity index (χ3n) is 3.55. The lowest BCUT2D eigenvalue weighted by molar-refractivity contribution is 0.101. The maximum absolute atomic E-state index is 5.69. The van der Waals surface area contributed by atoms with E-state index in [1.807, 2.05) is 0 Å². The Morgan fingerprint density at radius 2 is 2.37 bits per heavy atom. The smallest absolute Gasteiger partial charge is 0.0758 e. The molecule has 1 fully saturated rings. The third-order valence-corrected chi connectivity index (χ3v) is 5.94. The molecule has 0 bridgehead atoms. The molecule has 2 rings (SSSR count). The SMILES string of the molecule is CCNC(CCCC1CCCO1)c1cc(Br)sc1Br. The molecule has 1 aromatic heterocycles. The zero-order valence-corrected chi connectivity index (χ0v) is 15.2. The summed E-state index contributed by atoms with van der Waals surface area (Å²) in [4.78, 5) is 0. The van der Waals surface area contributed by atoms with Crippen molar-refractivity contribution in [2.24, 2.45) is 0 Å². The van der Waals surface area contributed by atoms with Crippen molar-refractivity contribution in [2.45, 2.75) is 51.2 Å². The van der Waals surface area contributed by atoms with Gasteiger partial charge in [-0.25, -0.2) is 0 Å². The molecule has 0 aliphatic carbocycles. The molecule has 1 aliphatic heterocycles. The predicted molar refractivity (Wildman–Crippen MR) is 89.0 cm³/mol. The van der Waals surface area contributed by atoms with Gasteiger partial charge in [-0.1, -0.05) is 6.92 Å². The quantitative estimate of drug-likeness (QED) is 0.660. The van der Waals surface area contributed by atoms with Gasteiger partial charge in [-0.15, -0.1) is 11.3 Å². The second-order valence-electron chi connectivity index (χ2n) is 4.96. The molecule has 2 atom stereocenters. The Hall–Kier alpha value is 0.580. The van der Waals surface area contributed by atoms with E-state index in [1.165, 1.54) is 45.2 Å². The van der Waals surface area contributed by atoms with Crippen LogP contribution in [0.5, 0.6) is 0 Å². The average molecular weight is 411 g/mol. The fraction of sp³-hybridized carbons (Fsp3) is 0.714. The minimum absolute atomic E-state index is 0.448. The summed E-state index contributed by atoms with van der Waals surface area (Å²) in [6, 6.07) is 2.68. The summed E-state index contributed by atoms with van der Waals surface area (Å²) in [7, 11) is 0. The van der Waals surface area contributed by atoms with Crippen LogP contribution in [0.4, 0.5) is 0 Å². The molecule has 0 spiro atoms. The Balaban J connectivity index is 1.86. The summed E-state index contributed by atoms with van der Waals surface area (Å²) in [5.41, 5.74) is 1.38. The van der Waals surface area contributed by atoms with Gasteiger partial charge in [0.15, 0.2) is 0 Å². The van der Waals surface area contributed by atoms with Crippen LogP contribution in [0.15, 0.2) is 13.6 Å². The Kier molecular flexibility index (Phi) is 6.83. The maximum Gasteiger partial charge on any atom is 0.0758 e. The van der Waals surface area contributed by atoms with Gasteiger partial charge in [0, 0.05) is 12.6 Å². The lowest BCUT2D eigenvalue weighted by atomic mass is 10.0. The van der Waals surface area contributed by atoms with E-state index in [0.29, 0.717) is 12.1 Å². The van der Waals surface area contributed by atoms with E-state index >= 15 is 0 Å². The van der Waals surface area contributed by atoms with E-state index in [2.05, 4.69) is 50.2 Å². The molecule has 0 saturated carbocycles. The van der Waals surface area contributed by atoms with Crippen molar-refractivity contribution in [1.29, 1.82) is 0 Å². The summed E-state index contributed by atoms with van der Waals surface area (Å²) in [5, 5.41) is 3.59. The van der Waals surface area contributed by atoms with E-state index in [1.54, 1.807) is 11.3 Å². The molecule has 2 nitrogen and oxygen atoms in total. The average Bonchev–Trinajstić information content (AvgIpc) is 2.98. The van der Waals surface area contributed by atoms with Gasteiger partial charge in [0.25, 0.3) is 0 Å². The molecule has 0 aromatic carbocycles. The molecule has 1 N–H and O–H groups in total. The summed E-state index contributed by atoms with van der Waals surface area (Å²) in [6.45, 7) is 4.14. The van der Waals surface area contributed by atoms with Gasteiger partial charge in [-0.05, 0) is 82.1 Å². The highest BCUT2D eigenvalue weighted by molar-refractivity contribution is 9.12. The molecule has 5 heteroatoms. The number of rotatable bonds is 7. The predicted octanol–water partition coefficient (Wildman–Crippen LogP) is 5.27. The normalized spacial score (nSPS) is 20.9. The first-order chi connectivity index (χ1) is 9.20. The molecule has 2 unspecified atom stereocenters. The summed E-state index contributed by atoms with van der Waals surface area (Å²) >= 11 is 8.99. The van der Waals surface area contributed by atoms with E-state index in [-0.39, 0.29) is 0 Å². The van der Waals surface area contributed by atoms with Crippen LogP contribution in [-0.2, 0) is 4.74 Å². The monoisotopic (exact) mass is 409 g/mol. The number of hydrogen-bond donors (Lipinski definition) is 1. The van der Waals surface area contributed by atoms with Crippen LogP contribution in [0.1, 0.15) is 50.6 Å². The summed E-state index contributed by atoms with van der Waals surface area (Å²) < 4.78 is 8.12. The number of halogens is 2. The molecule has 1 saturated heterocycles. The van der Waals surface area contributed by atoms with Gasteiger partial charge in [0.2, 0.25) is 0 Å². The molecule has 0 radical (unpaired) electrons. The van der Waals surface area contributed by atoms with E-state index in [4.69, 9.17) is 4.74 Å². The molecular formula is C14H21Br2NOS. The first kappa shape index (κ1) is 16.0. The van der Waals surface area contributed by atoms with Crippen molar-refractivity contribution in [2.75, 3.05) is 13.2 Å². The van der Waals surface area contributed by atoms with E-state index in [9.17, 15) is 0 Å². The summed E-state index contributed by atoms with van der Waals surface area (Å²) in [5.74, 6) is 0. The molecule has 19 heavy (non-hydrogen) atoms. The second kappa shape index (κ2) is 8.13. The van der Waals surface area contributed by atoms with E-state index < -0.39 is 0 Å². The maximum atomic E-state index is 5.69. The van der Waals surface area contributed by atoms with Gasteiger partial charge in [-0.3, -0.25) is 0 Å². The van der Waals surface area contributed by atoms with Gasteiger partial charge in [0.05, 0.1) is 13.7 Å². The molecule has 2 heterocycles. The van der Waals surface area contributed by atoms with Crippen LogP contribution < -0.4 is 5.32 Å². The standard InChI is InChI=1S/C14H21Br2NOS/c1-2-17-12(11-9-13(15)19-14(11)16)7-3-5-10-6-4-8-18-10/h9-10,12,17H,2-8H2,1H3. The van der Waals surface area contributed by atoms with Crippen molar-refractivity contribution >= 4 is 43.2 Å². The second-order valence-corrected chi connectivity index (χ2v) is 8.71. The lowest BCUT2D eigenvalue weighted by Crippen LogP contribution is -2.21. The highest BCUT2D eigenvalue weighted by Crippen LogP contribution is 2.37. The van der Waals surface area contributed by atoms with E-state index in [0.717, 1.165) is 13.2 Å². The van der Waals surface area contributed by atoms with Gasteiger partial charge >= 0.3 is 0 Å². The van der Waals surface area contributed by atoms with Crippen LogP contribution in [-0.4, -0.2) is 19.3 Å². The van der Waals surface area contributed by atoms with Gasteiger partial charge in [-0.2, -0.15) is 0 Å². The number of nitrogens with one attached hydrogen (secondary N) is 1. The molecule has 1 aliphatic rings. The van der Waals surface area contributed by atoms with Crippen molar-refractivity contribution < 1.29 is 4.74 Å². The zero-order valence-electron chi connectivity index (χ0n) is 11.3. The minimum Gasteiger partial charge on any atom is -0.378 e. The summed E-state index contributed by atoms with van der Waals surface area (Å²) in [6.07, 6.45) is 6.60. The molecule has 108 valence electrons. The highest BCUT2D eigenvalue weighted by atomic mass is 79.9. The van der Waals surface area contributed by atoms with Crippen molar-refractivity contribution in [1.82, 2.24) is 5.32 Å². The van der Waals surface area contributed by atoms with Crippen LogP contribution in [0.3, 0.4) is 0 Å². The van der Waals surface area contributed by atoms with Gasteiger partial charge < -0.3 is 10.1 Å². The van der Waals surface area contributed by atoms with Crippen molar-refractivity contribution in [3.63, 3.8) is 0 Å². The van der Waals surface area contributed by atoms with Crippen LogP contribution in [0, 0.1) is 0 Å². The van der Waals surface area contributed by atoms with Crippen molar-refractivity contribution in [3.8, 4) is 0 Å². The fourth-order valence-electron chi connectivity index (χ4n) is 2.63. The van der Waals surface area contributed by atoms with Crippen LogP contribution in [0.2, 0.25) is 0 Å². The largest absolute Gasteiger partial charge is 0.378 e. The Labute approximate surface area is 136 Å². The lowest BCUT2D eigenvalue weighted by Gasteiger charge is -2.18. The third kappa shape index (κ3) is 4.81. The number of hydrogen-bond acceptors (Lipinski definition) is 3. The highest BCUT2D eigenvalue weighted by Gasteiger charge is 2.19. The molecular weight excluding hydrogens is 390 g/mol. The topological polar surface area (TPSA) is 21.3 Å². The molecule has 0 amide bonds.